The Morgan fingerprint density at radius 3 is 2.39 bits per heavy atom. The molecule has 2 rings (SSSR count). The molecule has 0 bridgehead atoms. The number of rotatable bonds is 11. The number of hydrogen-bond donors (Lipinski definition) is 0. The van der Waals surface area contributed by atoms with Gasteiger partial charge in [-0.25, -0.2) is 4.98 Å². The Morgan fingerprint density at radius 2 is 1.82 bits per heavy atom. The smallest absolute Gasteiger partial charge is 0.321 e. The summed E-state index contributed by atoms with van der Waals surface area (Å²) >= 11 is 0. The average Bonchev–Trinajstić information content (AvgIpc) is 2.77. The molecule has 0 saturated carbocycles. The van der Waals surface area contributed by atoms with Crippen molar-refractivity contribution in [3.63, 3.8) is 0 Å². The first-order valence-electron chi connectivity index (χ1n) is 11.2. The Labute approximate surface area is 199 Å². The lowest BCUT2D eigenvalue weighted by Gasteiger charge is -2.36. The molecule has 0 saturated heterocycles. The van der Waals surface area contributed by atoms with E-state index in [9.17, 15) is 4.79 Å². The Hall–Kier alpha value is -2.48. The molecule has 33 heavy (non-hydrogen) atoms. The van der Waals surface area contributed by atoms with Crippen LogP contribution in [0.5, 0.6) is 11.6 Å². The van der Waals surface area contributed by atoms with E-state index >= 15 is 0 Å². The summed E-state index contributed by atoms with van der Waals surface area (Å²) in [6.07, 6.45) is 3.48. The Kier molecular flexibility index (Phi) is 9.82. The topological polar surface area (TPSA) is 66.9 Å². The highest BCUT2D eigenvalue weighted by Gasteiger charge is 2.38. The van der Waals surface area contributed by atoms with Crippen molar-refractivity contribution in [3.8, 4) is 11.6 Å². The van der Waals surface area contributed by atoms with Crippen molar-refractivity contribution in [1.82, 2.24) is 4.98 Å². The summed E-state index contributed by atoms with van der Waals surface area (Å²) < 4.78 is 22.9. The minimum absolute atomic E-state index is 0.0443. The van der Waals surface area contributed by atoms with Gasteiger partial charge in [-0.05, 0) is 48.8 Å². The zero-order chi connectivity index (χ0) is 24.5. The SMILES string of the molecule is COc1ccc(COC/C(C)=C/[C@@H](CO[Si](C)(C)C(C)(C)C)C(=O)Oc2ccccn2)cc1. The fourth-order valence-electron chi connectivity index (χ4n) is 2.73. The monoisotopic (exact) mass is 471 g/mol. The van der Waals surface area contributed by atoms with Crippen LogP contribution in [-0.4, -0.2) is 39.6 Å². The number of esters is 1. The van der Waals surface area contributed by atoms with E-state index in [1.807, 2.05) is 37.3 Å². The Bertz CT molecular complexity index is 905. The van der Waals surface area contributed by atoms with E-state index in [-0.39, 0.29) is 23.5 Å². The molecule has 0 amide bonds. The first kappa shape index (κ1) is 26.8. The molecule has 0 aliphatic rings. The van der Waals surface area contributed by atoms with Gasteiger partial charge in [0.15, 0.2) is 8.32 Å². The molecule has 6 nitrogen and oxygen atoms in total. The molecule has 7 heteroatoms. The molecule has 0 spiro atoms. The number of methoxy groups -OCH3 is 1. The summed E-state index contributed by atoms with van der Waals surface area (Å²) in [7, 11) is -0.386. The number of ether oxygens (including phenoxy) is 3. The number of pyridine rings is 1. The lowest BCUT2D eigenvalue weighted by molar-refractivity contribution is -0.138. The van der Waals surface area contributed by atoms with E-state index in [4.69, 9.17) is 18.6 Å². The number of hydrogen-bond acceptors (Lipinski definition) is 6. The van der Waals surface area contributed by atoms with Crippen molar-refractivity contribution >= 4 is 14.3 Å². The highest BCUT2D eigenvalue weighted by atomic mass is 28.4. The third-order valence-electron chi connectivity index (χ3n) is 5.82. The molecular formula is C26H37NO5Si. The van der Waals surface area contributed by atoms with Gasteiger partial charge in [-0.15, -0.1) is 0 Å². The maximum Gasteiger partial charge on any atom is 0.321 e. The van der Waals surface area contributed by atoms with E-state index in [1.165, 1.54) is 0 Å². The molecule has 1 heterocycles. The Balaban J connectivity index is 2.04. The minimum Gasteiger partial charge on any atom is -0.497 e. The maximum absolute atomic E-state index is 12.9. The largest absolute Gasteiger partial charge is 0.497 e. The molecular weight excluding hydrogens is 434 g/mol. The molecule has 2 aromatic rings. The highest BCUT2D eigenvalue weighted by Crippen LogP contribution is 2.37. The van der Waals surface area contributed by atoms with Gasteiger partial charge < -0.3 is 18.6 Å². The maximum atomic E-state index is 12.9. The van der Waals surface area contributed by atoms with Crippen molar-refractivity contribution in [2.45, 2.75) is 52.4 Å². The third-order valence-corrected chi connectivity index (χ3v) is 10.3. The fraction of sp³-hybridized carbons (Fsp3) is 0.462. The van der Waals surface area contributed by atoms with E-state index in [0.717, 1.165) is 16.9 Å². The second-order valence-electron chi connectivity index (χ2n) is 9.62. The van der Waals surface area contributed by atoms with Gasteiger partial charge in [0.25, 0.3) is 0 Å². The first-order chi connectivity index (χ1) is 15.5. The van der Waals surface area contributed by atoms with Crippen LogP contribution in [0.2, 0.25) is 18.1 Å². The summed E-state index contributed by atoms with van der Waals surface area (Å²) in [5.74, 6) is 0.153. The summed E-state index contributed by atoms with van der Waals surface area (Å²) in [5.41, 5.74) is 1.99. The number of benzene rings is 1. The number of carbonyl (C=O) groups is 1. The molecule has 1 aromatic heterocycles. The van der Waals surface area contributed by atoms with Crippen LogP contribution >= 0.6 is 0 Å². The van der Waals surface area contributed by atoms with Crippen molar-refractivity contribution < 1.29 is 23.4 Å². The van der Waals surface area contributed by atoms with Crippen LogP contribution in [0.3, 0.4) is 0 Å². The van der Waals surface area contributed by atoms with E-state index in [0.29, 0.717) is 13.2 Å². The lowest BCUT2D eigenvalue weighted by atomic mass is 10.1. The fourth-order valence-corrected chi connectivity index (χ4v) is 3.76. The van der Waals surface area contributed by atoms with Crippen molar-refractivity contribution in [2.75, 3.05) is 20.3 Å². The number of aromatic nitrogens is 1. The van der Waals surface area contributed by atoms with Crippen molar-refractivity contribution in [3.05, 3.63) is 65.9 Å². The van der Waals surface area contributed by atoms with Gasteiger partial charge in [0.1, 0.15) is 5.75 Å². The minimum atomic E-state index is -2.03. The van der Waals surface area contributed by atoms with Gasteiger partial charge >= 0.3 is 5.97 Å². The van der Waals surface area contributed by atoms with Crippen molar-refractivity contribution in [2.24, 2.45) is 5.92 Å². The Morgan fingerprint density at radius 1 is 1.12 bits per heavy atom. The van der Waals surface area contributed by atoms with Crippen LogP contribution in [0, 0.1) is 5.92 Å². The third kappa shape index (κ3) is 8.76. The van der Waals surface area contributed by atoms with Crippen molar-refractivity contribution in [1.29, 1.82) is 0 Å². The van der Waals surface area contributed by atoms with E-state index in [2.05, 4.69) is 38.8 Å². The van der Waals surface area contributed by atoms with Crippen LogP contribution in [-0.2, 0) is 20.6 Å². The summed E-state index contributed by atoms with van der Waals surface area (Å²) in [5, 5.41) is 0.0443. The van der Waals surface area contributed by atoms with E-state index < -0.39 is 14.2 Å². The number of nitrogens with zero attached hydrogens (tertiary/aromatic N) is 1. The second kappa shape index (κ2) is 12.1. The quantitative estimate of drug-likeness (QED) is 0.234. The lowest BCUT2D eigenvalue weighted by Crippen LogP contribution is -2.42. The molecule has 0 aliphatic carbocycles. The zero-order valence-corrected chi connectivity index (χ0v) is 21.9. The second-order valence-corrected chi connectivity index (χ2v) is 14.4. The van der Waals surface area contributed by atoms with E-state index in [1.54, 1.807) is 31.5 Å². The van der Waals surface area contributed by atoms with Crippen LogP contribution in [0.4, 0.5) is 0 Å². The summed E-state index contributed by atoms with van der Waals surface area (Å²) in [6.45, 7) is 13.9. The molecule has 0 aliphatic heterocycles. The predicted octanol–water partition coefficient (Wildman–Crippen LogP) is 5.80. The molecule has 1 aromatic carbocycles. The average molecular weight is 472 g/mol. The molecule has 0 fully saturated rings. The highest BCUT2D eigenvalue weighted by molar-refractivity contribution is 6.74. The van der Waals surface area contributed by atoms with Gasteiger partial charge in [0.2, 0.25) is 5.88 Å². The van der Waals surface area contributed by atoms with Gasteiger partial charge in [0, 0.05) is 12.3 Å². The summed E-state index contributed by atoms with van der Waals surface area (Å²) in [6, 6.07) is 13.0. The molecule has 0 unspecified atom stereocenters. The van der Waals surface area contributed by atoms with Gasteiger partial charge in [-0.2, -0.15) is 0 Å². The normalized spacial score (nSPS) is 13.5. The molecule has 0 radical (unpaired) electrons. The molecule has 0 N–H and O–H groups in total. The summed E-state index contributed by atoms with van der Waals surface area (Å²) in [4.78, 5) is 17.0. The van der Waals surface area contributed by atoms with Crippen LogP contribution < -0.4 is 9.47 Å². The van der Waals surface area contributed by atoms with Crippen LogP contribution in [0.1, 0.15) is 33.3 Å². The molecule has 180 valence electrons. The predicted molar refractivity (Wildman–Crippen MR) is 133 cm³/mol. The number of carbonyl (C=O) groups excluding carboxylic acids is 1. The van der Waals surface area contributed by atoms with Gasteiger partial charge in [0.05, 0.1) is 32.8 Å². The standard InChI is InChI=1S/C26H37NO5Si/c1-20(17-30-18-21-11-13-23(29-5)14-12-21)16-22(19-31-33(6,7)26(2,3)4)25(28)32-24-10-8-9-15-27-24/h8-16,22H,17-19H2,1-7H3/b20-16+/t22-/m0/s1. The van der Waals surface area contributed by atoms with Crippen LogP contribution in [0.25, 0.3) is 0 Å². The first-order valence-corrected chi connectivity index (χ1v) is 14.1. The van der Waals surface area contributed by atoms with Crippen LogP contribution in [0.15, 0.2) is 60.3 Å². The zero-order valence-electron chi connectivity index (χ0n) is 20.9. The molecule has 1 atom stereocenters. The van der Waals surface area contributed by atoms with Gasteiger partial charge in [-0.3, -0.25) is 4.79 Å². The van der Waals surface area contributed by atoms with Gasteiger partial charge in [-0.1, -0.05) is 50.6 Å².